The number of nitrogens with two attached hydrogens (primary N) is 1. The molecule has 10 nitrogen and oxygen atoms in total. The van der Waals surface area contributed by atoms with Crippen molar-refractivity contribution in [2.45, 2.75) is 61.5 Å². The highest BCUT2D eigenvalue weighted by Crippen LogP contribution is 2.25. The van der Waals surface area contributed by atoms with Crippen LogP contribution in [-0.4, -0.2) is 65.7 Å². The van der Waals surface area contributed by atoms with Gasteiger partial charge in [-0.05, 0) is 54.1 Å². The lowest BCUT2D eigenvalue weighted by Gasteiger charge is -2.27. The maximum absolute atomic E-state index is 13.2. The van der Waals surface area contributed by atoms with Crippen LogP contribution in [0.4, 0.5) is 13.2 Å². The first-order valence-corrected chi connectivity index (χ1v) is 15.2. The van der Waals surface area contributed by atoms with Gasteiger partial charge in [0.1, 0.15) is 12.1 Å². The van der Waals surface area contributed by atoms with Gasteiger partial charge >= 0.3 is 6.18 Å². The summed E-state index contributed by atoms with van der Waals surface area (Å²) in [5.74, 6) is -3.22. The Kier molecular flexibility index (Phi) is 13.6. The Morgan fingerprint density at radius 1 is 0.826 bits per heavy atom. The van der Waals surface area contributed by atoms with E-state index in [1.54, 1.807) is 30.3 Å². The molecule has 0 aromatic heterocycles. The van der Waals surface area contributed by atoms with Gasteiger partial charge in [0.15, 0.2) is 6.10 Å². The smallest absolute Gasteiger partial charge is 0.382 e. The van der Waals surface area contributed by atoms with Gasteiger partial charge in [0.2, 0.25) is 23.6 Å². The van der Waals surface area contributed by atoms with E-state index in [1.165, 1.54) is 18.9 Å². The zero-order valence-corrected chi connectivity index (χ0v) is 25.7. The molecule has 3 rings (SSSR count). The van der Waals surface area contributed by atoms with Crippen molar-refractivity contribution in [3.8, 4) is 11.1 Å². The van der Waals surface area contributed by atoms with Crippen molar-refractivity contribution in [1.82, 2.24) is 20.7 Å². The summed E-state index contributed by atoms with van der Waals surface area (Å²) in [6.45, 7) is 1.08. The number of aliphatic hydroxyl groups excluding tert-OH is 1. The van der Waals surface area contributed by atoms with Gasteiger partial charge in [0, 0.05) is 17.7 Å². The van der Waals surface area contributed by atoms with Crippen molar-refractivity contribution in [3.63, 3.8) is 0 Å². The van der Waals surface area contributed by atoms with Crippen molar-refractivity contribution in [1.29, 1.82) is 0 Å². The summed E-state index contributed by atoms with van der Waals surface area (Å²) in [4.78, 5) is 50.7. The highest BCUT2D eigenvalue weighted by atomic mass is 32.2. The topological polar surface area (TPSA) is 163 Å². The predicted octanol–water partition coefficient (Wildman–Crippen LogP) is 2.86. The van der Waals surface area contributed by atoms with Crippen molar-refractivity contribution in [3.05, 3.63) is 90.5 Å². The number of carbonyl (C=O) groups is 4. The van der Waals surface area contributed by atoms with Crippen LogP contribution in [0.2, 0.25) is 0 Å². The van der Waals surface area contributed by atoms with Crippen LogP contribution in [0.25, 0.3) is 11.1 Å². The highest BCUT2D eigenvalue weighted by molar-refractivity contribution is 7.97. The Morgan fingerprint density at radius 3 is 2.00 bits per heavy atom. The molecule has 7 N–H and O–H groups in total. The number of hydrogen-bond donors (Lipinski definition) is 6. The molecule has 0 aliphatic heterocycles. The molecule has 4 amide bonds. The number of benzene rings is 3. The van der Waals surface area contributed by atoms with Crippen LogP contribution in [-0.2, 0) is 25.6 Å². The molecule has 0 aliphatic carbocycles. The van der Waals surface area contributed by atoms with E-state index in [0.717, 1.165) is 16.0 Å². The molecule has 0 saturated carbocycles. The monoisotopic (exact) mass is 659 g/mol. The van der Waals surface area contributed by atoms with Gasteiger partial charge in [0.05, 0.1) is 12.6 Å². The third-order valence-corrected chi connectivity index (χ3v) is 7.61. The van der Waals surface area contributed by atoms with E-state index in [1.807, 2.05) is 59.9 Å². The second kappa shape index (κ2) is 17.3. The van der Waals surface area contributed by atoms with Gasteiger partial charge in [-0.1, -0.05) is 72.8 Å². The number of nitrogens with one attached hydrogen (secondary N) is 4. The maximum atomic E-state index is 13.2. The van der Waals surface area contributed by atoms with Crippen LogP contribution < -0.4 is 26.4 Å². The zero-order valence-electron chi connectivity index (χ0n) is 24.9. The van der Waals surface area contributed by atoms with Gasteiger partial charge in [-0.15, -0.1) is 0 Å². The maximum Gasteiger partial charge on any atom is 0.416 e. The second-order valence-corrected chi connectivity index (χ2v) is 11.4. The third kappa shape index (κ3) is 11.8. The predicted molar refractivity (Wildman–Crippen MR) is 168 cm³/mol. The summed E-state index contributed by atoms with van der Waals surface area (Å²) < 4.78 is 42.4. The standard InChI is InChI=1S/C32H36F3N5O5S/c1-20(30(44)40-25(16-17-27(36)41)29(43)32(33,34)35)38-31(45)26(18-21-8-4-2-5-9-21)39-28(42)19-37-46-24-14-12-23(13-15-24)22-10-6-3-7-11-22/h2-15,20,25-26,29,37,43H,16-19H2,1H3,(H2,36,41)(H,38,45)(H,39,42)(H,40,44)/t20-,25?,26-,29?/m0/s1. The Balaban J connectivity index is 1.59. The van der Waals surface area contributed by atoms with E-state index < -0.39 is 66.9 Å². The number of primary amides is 1. The number of carbonyl (C=O) groups excluding carboxylic acids is 4. The van der Waals surface area contributed by atoms with Crippen LogP contribution in [0.15, 0.2) is 89.8 Å². The van der Waals surface area contributed by atoms with Gasteiger partial charge in [-0.2, -0.15) is 13.2 Å². The molecular formula is C32H36F3N5O5S. The molecule has 0 saturated heterocycles. The van der Waals surface area contributed by atoms with Crippen LogP contribution >= 0.6 is 11.9 Å². The van der Waals surface area contributed by atoms with Crippen LogP contribution in [0.3, 0.4) is 0 Å². The van der Waals surface area contributed by atoms with E-state index in [0.29, 0.717) is 5.56 Å². The molecule has 0 radical (unpaired) electrons. The minimum Gasteiger partial charge on any atom is -0.382 e. The molecule has 3 aromatic carbocycles. The molecule has 14 heteroatoms. The normalized spacial score (nSPS) is 13.9. The summed E-state index contributed by atoms with van der Waals surface area (Å²) >= 11 is 1.23. The zero-order chi connectivity index (χ0) is 33.7. The first-order chi connectivity index (χ1) is 21.8. The van der Waals surface area contributed by atoms with Gasteiger partial charge in [-0.3, -0.25) is 23.9 Å². The molecule has 3 aromatic rings. The molecular weight excluding hydrogens is 623 g/mol. The fourth-order valence-electron chi connectivity index (χ4n) is 4.36. The highest BCUT2D eigenvalue weighted by Gasteiger charge is 2.44. The van der Waals surface area contributed by atoms with E-state index >= 15 is 0 Å². The second-order valence-electron chi connectivity index (χ2n) is 10.5. The van der Waals surface area contributed by atoms with E-state index in [9.17, 15) is 37.5 Å². The average molecular weight is 660 g/mol. The summed E-state index contributed by atoms with van der Waals surface area (Å²) in [7, 11) is 0. The van der Waals surface area contributed by atoms with Gasteiger partial charge in [-0.25, -0.2) is 0 Å². The molecule has 4 atom stereocenters. The summed E-state index contributed by atoms with van der Waals surface area (Å²) in [6, 6.07) is 22.0. The Bertz CT molecular complexity index is 1450. The largest absolute Gasteiger partial charge is 0.416 e. The van der Waals surface area contributed by atoms with Crippen molar-refractivity contribution < 1.29 is 37.5 Å². The van der Waals surface area contributed by atoms with Crippen LogP contribution in [0, 0.1) is 0 Å². The minimum atomic E-state index is -5.08. The van der Waals surface area contributed by atoms with E-state index in [4.69, 9.17) is 5.73 Å². The Labute approximate surface area is 268 Å². The summed E-state index contributed by atoms with van der Waals surface area (Å²) in [5.41, 5.74) is 7.84. The summed E-state index contributed by atoms with van der Waals surface area (Å²) in [5, 5.41) is 16.8. The minimum absolute atomic E-state index is 0.0644. The van der Waals surface area contributed by atoms with Crippen LogP contribution in [0.1, 0.15) is 25.3 Å². The molecule has 0 aliphatic rings. The van der Waals surface area contributed by atoms with E-state index in [2.05, 4.69) is 15.4 Å². The lowest BCUT2D eigenvalue weighted by Crippen LogP contribution is -2.57. The number of alkyl halides is 3. The lowest BCUT2D eigenvalue weighted by molar-refractivity contribution is -0.212. The summed E-state index contributed by atoms with van der Waals surface area (Å²) in [6.07, 6.45) is -9.07. The molecule has 0 heterocycles. The van der Waals surface area contributed by atoms with Gasteiger partial charge in [0.25, 0.3) is 0 Å². The van der Waals surface area contributed by atoms with E-state index in [-0.39, 0.29) is 13.0 Å². The number of aliphatic hydroxyl groups is 1. The third-order valence-electron chi connectivity index (χ3n) is 6.82. The molecule has 2 unspecified atom stereocenters. The van der Waals surface area contributed by atoms with Crippen molar-refractivity contribution >= 4 is 35.6 Å². The SMILES string of the molecule is C[C@H](NC(=O)[C@H](Cc1ccccc1)NC(=O)CNSc1ccc(-c2ccccc2)cc1)C(=O)NC(CCC(N)=O)C(O)C(F)(F)F. The molecule has 46 heavy (non-hydrogen) atoms. The average Bonchev–Trinajstić information content (AvgIpc) is 3.03. The Morgan fingerprint density at radius 2 is 1.41 bits per heavy atom. The van der Waals surface area contributed by atoms with Crippen molar-refractivity contribution in [2.24, 2.45) is 5.73 Å². The molecule has 0 bridgehead atoms. The fraction of sp³-hybridized carbons (Fsp3) is 0.312. The van der Waals surface area contributed by atoms with Gasteiger partial charge < -0.3 is 26.8 Å². The fourth-order valence-corrected chi connectivity index (χ4v) is 5.00. The Hall–Kier alpha value is -4.40. The van der Waals surface area contributed by atoms with Crippen LogP contribution in [0.5, 0.6) is 0 Å². The molecule has 0 fully saturated rings. The first kappa shape index (κ1) is 36.1. The molecule has 246 valence electrons. The first-order valence-electron chi connectivity index (χ1n) is 14.4. The quantitative estimate of drug-likeness (QED) is 0.129. The number of hydrogen-bond acceptors (Lipinski definition) is 7. The number of rotatable bonds is 16. The van der Waals surface area contributed by atoms with Crippen molar-refractivity contribution in [2.75, 3.05) is 6.54 Å². The lowest BCUT2D eigenvalue weighted by atomic mass is 10.0. The molecule has 0 spiro atoms. The number of amides is 4. The number of halogens is 3.